The van der Waals surface area contributed by atoms with Crippen LogP contribution >= 0.6 is 0 Å². The van der Waals surface area contributed by atoms with Crippen molar-refractivity contribution in [3.63, 3.8) is 0 Å². The minimum Gasteiger partial charge on any atom is -0.346 e. The zero-order valence-electron chi connectivity index (χ0n) is 4.55. The van der Waals surface area contributed by atoms with Gasteiger partial charge in [0.05, 0.1) is 0 Å². The van der Waals surface area contributed by atoms with E-state index in [1.165, 1.54) is 14.2 Å². The molecule has 0 aliphatic heterocycles. The molecular formula is C3H8O3Rf. The Labute approximate surface area is 36.5 Å². The summed E-state index contributed by atoms with van der Waals surface area (Å²) in [6.07, 6.45) is 0. The van der Waals surface area contributed by atoms with E-state index < -0.39 is 6.48 Å². The predicted molar refractivity (Wildman–Crippen MR) is 20.0 cm³/mol. The predicted octanol–water partition coefficient (Wildman–Crippen LogP) is -0.445. The van der Waals surface area contributed by atoms with Crippen LogP contribution in [0.15, 0.2) is 0 Å². The second-order valence-electron chi connectivity index (χ2n) is 0.778. The summed E-state index contributed by atoms with van der Waals surface area (Å²) < 4.78 is 8.47. The molecule has 0 rings (SSSR count). The molecular weight excluding hydrogens is 351 g/mol. The Morgan fingerprint density at radius 2 is 1.57 bits per heavy atom. The molecule has 4 heteroatoms. The summed E-state index contributed by atoms with van der Waals surface area (Å²) in [5.41, 5.74) is 0. The van der Waals surface area contributed by atoms with Crippen molar-refractivity contribution in [3.05, 3.63) is 0 Å². The van der Waals surface area contributed by atoms with Gasteiger partial charge in [-0.2, -0.15) is 0 Å². The van der Waals surface area contributed by atoms with Crippen molar-refractivity contribution in [2.24, 2.45) is 0 Å². The van der Waals surface area contributed by atoms with Crippen molar-refractivity contribution in [1.82, 2.24) is 0 Å². The normalized spacial score (nSPS) is 8.57. The van der Waals surface area contributed by atoms with Crippen molar-refractivity contribution in [2.45, 2.75) is 6.48 Å². The summed E-state index contributed by atoms with van der Waals surface area (Å²) >= 11 is 0. The Balaban J connectivity index is 0. The van der Waals surface area contributed by atoms with Crippen LogP contribution in [0.25, 0.3) is 0 Å². The number of methoxy groups -OCH3 is 2. The van der Waals surface area contributed by atoms with Gasteiger partial charge in [0.1, 0.15) is 0 Å². The molecule has 0 aromatic heterocycles. The van der Waals surface area contributed by atoms with Gasteiger partial charge in [-0.25, -0.2) is 0 Å². The molecule has 0 saturated carbocycles. The zero-order chi connectivity index (χ0) is 4.99. The van der Waals surface area contributed by atoms with E-state index in [1.807, 2.05) is 0 Å². The van der Waals surface area contributed by atoms with Gasteiger partial charge in [-0.15, -0.1) is 0 Å². The Morgan fingerprint density at radius 3 is 1.57 bits per heavy atom. The molecule has 0 aromatic rings. The van der Waals surface area contributed by atoms with Crippen molar-refractivity contribution >= 4 is 0 Å². The van der Waals surface area contributed by atoms with Crippen molar-refractivity contribution in [1.29, 1.82) is 0 Å². The third kappa shape index (κ3) is 4.88. The molecule has 0 aliphatic rings. The third-order valence-electron chi connectivity index (χ3n) is 0.403. The fraction of sp³-hybridized carbons (Fsp3) is 1.00. The van der Waals surface area contributed by atoms with Gasteiger partial charge in [-0.1, -0.05) is 0 Å². The SMILES string of the molecule is COC(O)OC.[Rf]. The molecule has 40 valence electrons. The smallest absolute Gasteiger partial charge is 0.268 e. The van der Waals surface area contributed by atoms with E-state index in [2.05, 4.69) is 9.47 Å². The first-order valence-electron chi connectivity index (χ1n) is 1.55. The summed E-state index contributed by atoms with van der Waals surface area (Å²) in [6, 6.07) is 0. The number of hydrogen-bond acceptors (Lipinski definition) is 3. The molecule has 0 spiro atoms. The minimum absolute atomic E-state index is 0. The second-order valence-corrected chi connectivity index (χ2v) is 0.778. The van der Waals surface area contributed by atoms with Crippen LogP contribution in [0.3, 0.4) is 0 Å². The number of rotatable bonds is 2. The summed E-state index contributed by atoms with van der Waals surface area (Å²) in [7, 11) is 2.71. The molecule has 0 atom stereocenters. The summed E-state index contributed by atoms with van der Waals surface area (Å²) in [5.74, 6) is 0. The summed E-state index contributed by atoms with van der Waals surface area (Å²) in [4.78, 5) is 0. The van der Waals surface area contributed by atoms with Gasteiger partial charge in [0.25, 0.3) is 6.48 Å². The topological polar surface area (TPSA) is 38.7 Å². The van der Waals surface area contributed by atoms with Gasteiger partial charge in [-0.05, 0) is 0 Å². The van der Waals surface area contributed by atoms with E-state index in [-0.39, 0.29) is 0 Å². The molecule has 0 saturated heterocycles. The Bertz CT molecular complexity index is 29.4. The van der Waals surface area contributed by atoms with Gasteiger partial charge in [0.2, 0.25) is 0 Å². The maximum atomic E-state index is 8.22. The van der Waals surface area contributed by atoms with Crippen molar-refractivity contribution in [3.8, 4) is 0 Å². The first kappa shape index (κ1) is 9.30. The standard InChI is InChI=1S/C3H8O3.Rf/c1-5-3(4)6-2;/h3-4H,1-2H3;. The summed E-state index contributed by atoms with van der Waals surface area (Å²) in [6.45, 7) is -1.06. The molecule has 0 unspecified atom stereocenters. The Morgan fingerprint density at radius 1 is 1.29 bits per heavy atom. The van der Waals surface area contributed by atoms with E-state index in [9.17, 15) is 0 Å². The molecule has 0 fully saturated rings. The van der Waals surface area contributed by atoms with Crippen LogP contribution in [0.2, 0.25) is 0 Å². The van der Waals surface area contributed by atoms with Crippen molar-refractivity contribution in [2.75, 3.05) is 14.2 Å². The summed E-state index contributed by atoms with van der Waals surface area (Å²) in [5, 5.41) is 8.22. The first-order chi connectivity index (χ1) is 2.81. The van der Waals surface area contributed by atoms with Crippen LogP contribution in [0, 0.1) is 0 Å². The maximum absolute atomic E-state index is 8.22. The molecule has 0 aliphatic carbocycles. The van der Waals surface area contributed by atoms with Gasteiger partial charge in [-0.3, -0.25) is 0 Å². The number of hydrogen-bond donors (Lipinski definition) is 1. The molecule has 0 aromatic carbocycles. The van der Waals surface area contributed by atoms with Crippen LogP contribution in [0.5, 0.6) is 0 Å². The molecule has 1 N–H and O–H groups in total. The molecule has 0 radical (unpaired) electrons. The van der Waals surface area contributed by atoms with Gasteiger partial charge in [0.15, 0.2) is 0 Å². The van der Waals surface area contributed by atoms with Crippen LogP contribution in [0.1, 0.15) is 0 Å². The Hall–Kier alpha value is -1.12. The third-order valence-corrected chi connectivity index (χ3v) is 0.403. The van der Waals surface area contributed by atoms with Crippen LogP contribution in [-0.2, 0) is 9.47 Å². The average Bonchev–Trinajstić information content (AvgIpc) is 1.65. The monoisotopic (exact) mass is 359 g/mol. The van der Waals surface area contributed by atoms with Crippen molar-refractivity contribution < 1.29 is 14.6 Å². The molecule has 0 amide bonds. The van der Waals surface area contributed by atoms with Crippen LogP contribution in [0.4, 0.5) is 0 Å². The van der Waals surface area contributed by atoms with E-state index in [0.29, 0.717) is 0 Å². The molecule has 3 nitrogen and oxygen atoms in total. The molecule has 0 heterocycles. The van der Waals surface area contributed by atoms with Crippen LogP contribution in [-0.4, -0.2) is 25.8 Å². The van der Waals surface area contributed by atoms with E-state index in [0.717, 1.165) is 0 Å². The van der Waals surface area contributed by atoms with Gasteiger partial charge >= 0.3 is 0 Å². The van der Waals surface area contributed by atoms with E-state index >= 15 is 0 Å². The van der Waals surface area contributed by atoms with Gasteiger partial charge in [0, 0.05) is 14.2 Å². The largest absolute Gasteiger partial charge is 0.346 e. The Kier molecular flexibility index (Phi) is 6.48. The second kappa shape index (κ2) is 4.88. The fourth-order valence-corrected chi connectivity index (χ4v) is 0.0962. The average molecular weight is 359 g/mol. The number of ether oxygens (including phenoxy) is 2. The van der Waals surface area contributed by atoms with Gasteiger partial charge < -0.3 is 14.6 Å². The number of aliphatic hydroxyl groups is 1. The van der Waals surface area contributed by atoms with E-state index in [1.54, 1.807) is 0 Å². The fourth-order valence-electron chi connectivity index (χ4n) is 0.0962. The first-order valence-corrected chi connectivity index (χ1v) is 1.55. The van der Waals surface area contributed by atoms with E-state index in [4.69, 9.17) is 5.11 Å². The molecule has 7 heavy (non-hydrogen) atoms. The number of aliphatic hydroxyl groups excluding tert-OH is 1. The minimum atomic E-state index is -1.06. The van der Waals surface area contributed by atoms with Crippen LogP contribution < -0.4 is 0 Å². The quantitative estimate of drug-likeness (QED) is 0.680. The maximum Gasteiger partial charge on any atom is 0.268 e. The molecule has 0 bridgehead atoms. The zero-order valence-corrected chi connectivity index (χ0v) is 10.9.